The second-order valence-corrected chi connectivity index (χ2v) is 4.86. The monoisotopic (exact) mass is 251 g/mol. The lowest BCUT2D eigenvalue weighted by Crippen LogP contribution is -2.24. The number of benzene rings is 1. The molecule has 0 saturated heterocycles. The van der Waals surface area contributed by atoms with Gasteiger partial charge in [0, 0.05) is 5.56 Å². The predicted octanol–water partition coefficient (Wildman–Crippen LogP) is 3.15. The van der Waals surface area contributed by atoms with Crippen molar-refractivity contribution in [1.82, 2.24) is 0 Å². The second kappa shape index (κ2) is 7.39. The molecule has 0 saturated carbocycles. The van der Waals surface area contributed by atoms with Crippen molar-refractivity contribution in [2.75, 3.05) is 13.2 Å². The largest absolute Gasteiger partial charge is 0.494 e. The summed E-state index contributed by atoms with van der Waals surface area (Å²) in [6.45, 7) is 9.50. The molecule has 0 aliphatic rings. The zero-order valence-corrected chi connectivity index (χ0v) is 11.8. The van der Waals surface area contributed by atoms with Crippen molar-refractivity contribution in [2.45, 2.75) is 39.8 Å². The number of hydrogen-bond donors (Lipinski definition) is 1. The van der Waals surface area contributed by atoms with Crippen LogP contribution in [0.25, 0.3) is 0 Å². The van der Waals surface area contributed by atoms with E-state index >= 15 is 0 Å². The zero-order chi connectivity index (χ0) is 13.5. The van der Waals surface area contributed by atoms with E-state index in [4.69, 9.17) is 15.2 Å². The normalized spacial score (nSPS) is 14.6. The van der Waals surface area contributed by atoms with Crippen LogP contribution in [-0.4, -0.2) is 19.3 Å². The van der Waals surface area contributed by atoms with E-state index in [1.165, 1.54) is 0 Å². The first kappa shape index (κ1) is 15.0. The van der Waals surface area contributed by atoms with Crippen LogP contribution in [0.5, 0.6) is 5.75 Å². The van der Waals surface area contributed by atoms with Gasteiger partial charge in [-0.15, -0.1) is 0 Å². The highest BCUT2D eigenvalue weighted by atomic mass is 16.5. The minimum Gasteiger partial charge on any atom is -0.494 e. The molecule has 2 unspecified atom stereocenters. The van der Waals surface area contributed by atoms with E-state index < -0.39 is 0 Å². The predicted molar refractivity (Wildman–Crippen MR) is 74.8 cm³/mol. The first-order valence-corrected chi connectivity index (χ1v) is 6.65. The van der Waals surface area contributed by atoms with E-state index in [1.807, 2.05) is 31.2 Å². The molecule has 0 bridgehead atoms. The van der Waals surface area contributed by atoms with Crippen LogP contribution in [0.4, 0.5) is 0 Å². The Labute approximate surface area is 110 Å². The van der Waals surface area contributed by atoms with E-state index in [0.29, 0.717) is 19.1 Å². The Balaban J connectivity index is 2.63. The molecule has 0 spiro atoms. The lowest BCUT2D eigenvalue weighted by molar-refractivity contribution is 0.0268. The van der Waals surface area contributed by atoms with E-state index in [1.54, 1.807) is 0 Å². The van der Waals surface area contributed by atoms with E-state index in [2.05, 4.69) is 20.8 Å². The number of hydrogen-bond acceptors (Lipinski definition) is 3. The van der Waals surface area contributed by atoms with Crippen LogP contribution >= 0.6 is 0 Å². The first-order valence-electron chi connectivity index (χ1n) is 6.65. The topological polar surface area (TPSA) is 44.5 Å². The van der Waals surface area contributed by atoms with Crippen molar-refractivity contribution in [3.63, 3.8) is 0 Å². The minimum absolute atomic E-state index is 0.144. The zero-order valence-electron chi connectivity index (χ0n) is 11.8. The lowest BCUT2D eigenvalue weighted by Gasteiger charge is -2.21. The standard InChI is InChI=1S/C15H25NO2/c1-5-17-15-9-7-6-8-13(15)14(16)10-18-12(4)11(2)3/h6-9,11-12,14H,5,10,16H2,1-4H3. The maximum absolute atomic E-state index is 6.17. The molecule has 0 aromatic heterocycles. The maximum atomic E-state index is 6.17. The molecule has 0 heterocycles. The second-order valence-electron chi connectivity index (χ2n) is 4.86. The number of rotatable bonds is 7. The van der Waals surface area contributed by atoms with Crippen LogP contribution in [0, 0.1) is 5.92 Å². The fourth-order valence-electron chi connectivity index (χ4n) is 1.61. The third-order valence-corrected chi connectivity index (χ3v) is 3.10. The summed E-state index contributed by atoms with van der Waals surface area (Å²) < 4.78 is 11.3. The van der Waals surface area contributed by atoms with Crippen molar-refractivity contribution in [3.05, 3.63) is 29.8 Å². The number of para-hydroxylation sites is 1. The van der Waals surface area contributed by atoms with Gasteiger partial charge in [-0.25, -0.2) is 0 Å². The van der Waals surface area contributed by atoms with Gasteiger partial charge in [-0.2, -0.15) is 0 Å². The lowest BCUT2D eigenvalue weighted by atomic mass is 10.1. The summed E-state index contributed by atoms with van der Waals surface area (Å²) in [7, 11) is 0. The molecule has 0 radical (unpaired) electrons. The summed E-state index contributed by atoms with van der Waals surface area (Å²) in [4.78, 5) is 0. The Morgan fingerprint density at radius 1 is 1.17 bits per heavy atom. The molecule has 1 aromatic rings. The number of nitrogens with two attached hydrogens (primary N) is 1. The Hall–Kier alpha value is -1.06. The molecular formula is C15H25NO2. The van der Waals surface area contributed by atoms with Gasteiger partial charge in [0.15, 0.2) is 0 Å². The Morgan fingerprint density at radius 2 is 1.83 bits per heavy atom. The van der Waals surface area contributed by atoms with E-state index in [0.717, 1.165) is 11.3 Å². The quantitative estimate of drug-likeness (QED) is 0.809. The minimum atomic E-state index is -0.144. The van der Waals surface area contributed by atoms with Gasteiger partial charge < -0.3 is 15.2 Å². The molecule has 102 valence electrons. The highest BCUT2D eigenvalue weighted by Crippen LogP contribution is 2.24. The fourth-order valence-corrected chi connectivity index (χ4v) is 1.61. The summed E-state index contributed by atoms with van der Waals surface area (Å²) in [5.41, 5.74) is 7.18. The summed E-state index contributed by atoms with van der Waals surface area (Å²) >= 11 is 0. The Kier molecular flexibility index (Phi) is 6.16. The average molecular weight is 251 g/mol. The van der Waals surface area contributed by atoms with Crippen LogP contribution in [0.1, 0.15) is 39.3 Å². The molecular weight excluding hydrogens is 226 g/mol. The Morgan fingerprint density at radius 3 is 2.44 bits per heavy atom. The van der Waals surface area contributed by atoms with Crippen LogP contribution < -0.4 is 10.5 Å². The fraction of sp³-hybridized carbons (Fsp3) is 0.600. The van der Waals surface area contributed by atoms with Crippen LogP contribution in [0.3, 0.4) is 0 Å². The molecule has 2 N–H and O–H groups in total. The van der Waals surface area contributed by atoms with Gasteiger partial charge in [-0.05, 0) is 25.8 Å². The van der Waals surface area contributed by atoms with Crippen molar-refractivity contribution >= 4 is 0 Å². The van der Waals surface area contributed by atoms with E-state index in [9.17, 15) is 0 Å². The van der Waals surface area contributed by atoms with Gasteiger partial charge in [0.2, 0.25) is 0 Å². The van der Waals surface area contributed by atoms with Gasteiger partial charge in [-0.3, -0.25) is 0 Å². The van der Waals surface area contributed by atoms with Gasteiger partial charge in [0.25, 0.3) is 0 Å². The molecule has 0 fully saturated rings. The van der Waals surface area contributed by atoms with Gasteiger partial charge in [-0.1, -0.05) is 32.0 Å². The van der Waals surface area contributed by atoms with Crippen molar-refractivity contribution in [2.24, 2.45) is 11.7 Å². The van der Waals surface area contributed by atoms with E-state index in [-0.39, 0.29) is 12.1 Å². The smallest absolute Gasteiger partial charge is 0.124 e. The third kappa shape index (κ3) is 4.31. The molecule has 2 atom stereocenters. The van der Waals surface area contributed by atoms with Crippen molar-refractivity contribution < 1.29 is 9.47 Å². The summed E-state index contributed by atoms with van der Waals surface area (Å²) in [6, 6.07) is 7.74. The molecule has 0 aliphatic carbocycles. The van der Waals surface area contributed by atoms with Crippen LogP contribution in [-0.2, 0) is 4.74 Å². The molecule has 1 rings (SSSR count). The van der Waals surface area contributed by atoms with Crippen LogP contribution in [0.2, 0.25) is 0 Å². The maximum Gasteiger partial charge on any atom is 0.124 e. The molecule has 3 nitrogen and oxygen atoms in total. The molecule has 0 amide bonds. The SMILES string of the molecule is CCOc1ccccc1C(N)COC(C)C(C)C. The van der Waals surface area contributed by atoms with Gasteiger partial charge in [0.1, 0.15) is 5.75 Å². The van der Waals surface area contributed by atoms with Crippen LogP contribution in [0.15, 0.2) is 24.3 Å². The highest BCUT2D eigenvalue weighted by molar-refractivity contribution is 5.35. The summed E-state index contributed by atoms with van der Waals surface area (Å²) in [5.74, 6) is 1.35. The Bertz CT molecular complexity index is 352. The summed E-state index contributed by atoms with van der Waals surface area (Å²) in [6.07, 6.45) is 0.218. The summed E-state index contributed by atoms with van der Waals surface area (Å²) in [5, 5.41) is 0. The average Bonchev–Trinajstić information content (AvgIpc) is 2.36. The highest BCUT2D eigenvalue weighted by Gasteiger charge is 2.14. The molecule has 1 aromatic carbocycles. The van der Waals surface area contributed by atoms with Crippen molar-refractivity contribution in [1.29, 1.82) is 0 Å². The number of ether oxygens (including phenoxy) is 2. The molecule has 18 heavy (non-hydrogen) atoms. The first-order chi connectivity index (χ1) is 8.56. The van der Waals surface area contributed by atoms with Gasteiger partial charge >= 0.3 is 0 Å². The molecule has 3 heteroatoms. The van der Waals surface area contributed by atoms with Gasteiger partial charge in [0.05, 0.1) is 25.4 Å². The molecule has 0 aliphatic heterocycles. The van der Waals surface area contributed by atoms with Crippen molar-refractivity contribution in [3.8, 4) is 5.75 Å². The third-order valence-electron chi connectivity index (χ3n) is 3.10.